The Bertz CT molecular complexity index is 1370. The molecule has 0 aliphatic heterocycles. The summed E-state index contributed by atoms with van der Waals surface area (Å²) in [6.07, 6.45) is 1.66. The largest absolute Gasteiger partial charge is 0.496 e. The third kappa shape index (κ3) is 4.90. The fraction of sp³-hybridized carbons (Fsp3) is 0.200. The standard InChI is InChI=1S/C25H24N4O3S/c1-17-12-13-26-22(14-17)29-24(31)19-9-5-6-10-20(19)27-25(29)33-16-23(30)28(2)15-18-8-4-7-11-21(18)32-3/h4-14H,15-16H2,1-3H3. The zero-order valence-electron chi connectivity index (χ0n) is 18.7. The first-order chi connectivity index (χ1) is 16.0. The fourth-order valence-corrected chi connectivity index (χ4v) is 4.41. The Labute approximate surface area is 196 Å². The number of methoxy groups -OCH3 is 1. The van der Waals surface area contributed by atoms with E-state index in [-0.39, 0.29) is 17.2 Å². The molecule has 168 valence electrons. The second kappa shape index (κ2) is 9.87. The van der Waals surface area contributed by atoms with E-state index in [1.54, 1.807) is 37.4 Å². The van der Waals surface area contributed by atoms with E-state index in [1.807, 2.05) is 55.5 Å². The molecule has 1 amide bonds. The summed E-state index contributed by atoms with van der Waals surface area (Å²) in [6, 6.07) is 18.5. The number of carbonyl (C=O) groups excluding carboxylic acids is 1. The van der Waals surface area contributed by atoms with Gasteiger partial charge in [-0.1, -0.05) is 42.1 Å². The second-order valence-corrected chi connectivity index (χ2v) is 8.54. The van der Waals surface area contributed by atoms with Crippen LogP contribution in [0.2, 0.25) is 0 Å². The maximum absolute atomic E-state index is 13.3. The van der Waals surface area contributed by atoms with Gasteiger partial charge >= 0.3 is 0 Å². The first kappa shape index (κ1) is 22.5. The van der Waals surface area contributed by atoms with Crippen molar-refractivity contribution in [2.45, 2.75) is 18.6 Å². The van der Waals surface area contributed by atoms with Gasteiger partial charge in [0.05, 0.1) is 23.8 Å². The molecule has 0 saturated heterocycles. The molecule has 0 unspecified atom stereocenters. The highest BCUT2D eigenvalue weighted by Gasteiger charge is 2.18. The normalized spacial score (nSPS) is 10.9. The Morgan fingerprint density at radius 2 is 1.88 bits per heavy atom. The van der Waals surface area contributed by atoms with E-state index in [9.17, 15) is 9.59 Å². The van der Waals surface area contributed by atoms with E-state index in [1.165, 1.54) is 16.3 Å². The van der Waals surface area contributed by atoms with Gasteiger partial charge in [-0.2, -0.15) is 0 Å². The van der Waals surface area contributed by atoms with Gasteiger partial charge < -0.3 is 9.64 Å². The summed E-state index contributed by atoms with van der Waals surface area (Å²) in [5.41, 5.74) is 2.27. The summed E-state index contributed by atoms with van der Waals surface area (Å²) < 4.78 is 6.87. The number of nitrogens with zero attached hydrogens (tertiary/aromatic N) is 4. The average Bonchev–Trinajstić information content (AvgIpc) is 2.83. The lowest BCUT2D eigenvalue weighted by atomic mass is 10.2. The highest BCUT2D eigenvalue weighted by atomic mass is 32.2. The van der Waals surface area contributed by atoms with Gasteiger partial charge in [-0.25, -0.2) is 14.5 Å². The van der Waals surface area contributed by atoms with Gasteiger partial charge in [-0.3, -0.25) is 9.59 Å². The molecule has 0 bridgehead atoms. The van der Waals surface area contributed by atoms with Crippen molar-refractivity contribution in [2.75, 3.05) is 19.9 Å². The average molecular weight is 461 g/mol. The molecule has 2 heterocycles. The molecule has 2 aromatic carbocycles. The summed E-state index contributed by atoms with van der Waals surface area (Å²) in [5.74, 6) is 1.26. The molecule has 0 fully saturated rings. The zero-order chi connectivity index (χ0) is 23.4. The molecule has 4 rings (SSSR count). The molecule has 0 saturated carbocycles. The lowest BCUT2D eigenvalue weighted by Gasteiger charge is -2.19. The number of carbonyl (C=O) groups is 1. The summed E-state index contributed by atoms with van der Waals surface area (Å²) in [6.45, 7) is 2.36. The highest BCUT2D eigenvalue weighted by Crippen LogP contribution is 2.23. The van der Waals surface area contributed by atoms with Crippen LogP contribution in [-0.4, -0.2) is 45.3 Å². The molecule has 2 aromatic heterocycles. The number of aryl methyl sites for hydroxylation is 1. The topological polar surface area (TPSA) is 77.3 Å². The highest BCUT2D eigenvalue weighted by molar-refractivity contribution is 7.99. The van der Waals surface area contributed by atoms with Crippen molar-refractivity contribution in [2.24, 2.45) is 0 Å². The zero-order valence-corrected chi connectivity index (χ0v) is 19.5. The Hall–Kier alpha value is -3.65. The first-order valence-corrected chi connectivity index (χ1v) is 11.4. The van der Waals surface area contributed by atoms with Crippen LogP contribution < -0.4 is 10.3 Å². The smallest absolute Gasteiger partial charge is 0.267 e. The minimum atomic E-state index is -0.212. The van der Waals surface area contributed by atoms with Crippen LogP contribution in [0.3, 0.4) is 0 Å². The van der Waals surface area contributed by atoms with Crippen LogP contribution in [0.15, 0.2) is 76.8 Å². The monoisotopic (exact) mass is 460 g/mol. The maximum Gasteiger partial charge on any atom is 0.267 e. The molecule has 33 heavy (non-hydrogen) atoms. The SMILES string of the molecule is COc1ccccc1CN(C)C(=O)CSc1nc2ccccc2c(=O)n1-c1cc(C)ccn1. The van der Waals surface area contributed by atoms with Crippen LogP contribution >= 0.6 is 11.8 Å². The molecule has 0 atom stereocenters. The van der Waals surface area contributed by atoms with Crippen LogP contribution in [0.4, 0.5) is 0 Å². The van der Waals surface area contributed by atoms with Crippen LogP contribution in [0, 0.1) is 6.92 Å². The predicted octanol–water partition coefficient (Wildman–Crippen LogP) is 3.85. The maximum atomic E-state index is 13.3. The number of hydrogen-bond acceptors (Lipinski definition) is 6. The molecule has 0 radical (unpaired) electrons. The van der Waals surface area contributed by atoms with Gasteiger partial charge in [-0.05, 0) is 42.8 Å². The van der Waals surface area contributed by atoms with Gasteiger partial charge in [0, 0.05) is 25.4 Å². The number of ether oxygens (including phenoxy) is 1. The molecule has 0 aliphatic carbocycles. The lowest BCUT2D eigenvalue weighted by molar-refractivity contribution is -0.127. The third-order valence-electron chi connectivity index (χ3n) is 5.23. The van der Waals surface area contributed by atoms with Gasteiger partial charge in [-0.15, -0.1) is 0 Å². The molecule has 4 aromatic rings. The second-order valence-electron chi connectivity index (χ2n) is 7.59. The van der Waals surface area contributed by atoms with Gasteiger partial charge in [0.25, 0.3) is 5.56 Å². The lowest BCUT2D eigenvalue weighted by Crippen LogP contribution is -2.29. The predicted molar refractivity (Wildman–Crippen MR) is 130 cm³/mol. The van der Waals surface area contributed by atoms with Gasteiger partial charge in [0.2, 0.25) is 5.91 Å². The molecular weight excluding hydrogens is 436 g/mol. The summed E-state index contributed by atoms with van der Waals surface area (Å²) >= 11 is 1.22. The van der Waals surface area contributed by atoms with Crippen molar-refractivity contribution in [1.82, 2.24) is 19.4 Å². The van der Waals surface area contributed by atoms with Gasteiger partial charge in [0.15, 0.2) is 5.16 Å². The van der Waals surface area contributed by atoms with Crippen LogP contribution in [-0.2, 0) is 11.3 Å². The van der Waals surface area contributed by atoms with E-state index < -0.39 is 0 Å². The number of benzene rings is 2. The van der Waals surface area contributed by atoms with Crippen molar-refractivity contribution in [3.05, 3.63) is 88.3 Å². The minimum absolute atomic E-state index is 0.0861. The van der Waals surface area contributed by atoms with E-state index in [4.69, 9.17) is 4.74 Å². The van der Waals surface area contributed by atoms with Crippen LogP contribution in [0.1, 0.15) is 11.1 Å². The number of rotatable bonds is 7. The summed E-state index contributed by atoms with van der Waals surface area (Å²) in [4.78, 5) is 36.9. The van der Waals surface area contributed by atoms with Gasteiger partial charge in [0.1, 0.15) is 11.6 Å². The van der Waals surface area contributed by atoms with Crippen molar-refractivity contribution >= 4 is 28.6 Å². The Balaban J connectivity index is 1.62. The number of amides is 1. The van der Waals surface area contributed by atoms with Crippen molar-refractivity contribution in [3.63, 3.8) is 0 Å². The van der Waals surface area contributed by atoms with Crippen molar-refractivity contribution < 1.29 is 9.53 Å². The number of hydrogen-bond donors (Lipinski definition) is 0. The number of pyridine rings is 1. The number of para-hydroxylation sites is 2. The molecular formula is C25H24N4O3S. The number of aromatic nitrogens is 3. The Morgan fingerprint density at radius 3 is 2.67 bits per heavy atom. The summed E-state index contributed by atoms with van der Waals surface area (Å²) in [5, 5.41) is 0.931. The minimum Gasteiger partial charge on any atom is -0.496 e. The molecule has 0 aliphatic rings. The number of fused-ring (bicyclic) bond motifs is 1. The molecule has 0 N–H and O–H groups in total. The first-order valence-electron chi connectivity index (χ1n) is 10.4. The molecule has 0 spiro atoms. The Kier molecular flexibility index (Phi) is 6.74. The van der Waals surface area contributed by atoms with Crippen molar-refractivity contribution in [3.8, 4) is 11.6 Å². The summed E-state index contributed by atoms with van der Waals surface area (Å²) in [7, 11) is 3.36. The van der Waals surface area contributed by atoms with E-state index in [0.717, 1.165) is 16.9 Å². The van der Waals surface area contributed by atoms with E-state index >= 15 is 0 Å². The third-order valence-corrected chi connectivity index (χ3v) is 6.15. The molecule has 8 heteroatoms. The number of thioether (sulfide) groups is 1. The van der Waals surface area contributed by atoms with Crippen LogP contribution in [0.5, 0.6) is 5.75 Å². The fourth-order valence-electron chi connectivity index (χ4n) is 3.47. The Morgan fingerprint density at radius 1 is 1.12 bits per heavy atom. The van der Waals surface area contributed by atoms with E-state index in [0.29, 0.717) is 28.4 Å². The van der Waals surface area contributed by atoms with Crippen LogP contribution in [0.25, 0.3) is 16.7 Å². The van der Waals surface area contributed by atoms with Crippen molar-refractivity contribution in [1.29, 1.82) is 0 Å². The molecule has 7 nitrogen and oxygen atoms in total. The van der Waals surface area contributed by atoms with E-state index in [2.05, 4.69) is 9.97 Å². The quantitative estimate of drug-likeness (QED) is 0.308.